The topological polar surface area (TPSA) is 149 Å². The SMILES string of the molecule is COC(C)=C(C(=O)O)N1C(=O)C(NC(=O)COc2ccccc2)C1SS(=O)(=O)c1ccccc1OC.Cl. The minimum atomic E-state index is -4.18. The number of carbonyl (C=O) groups is 3. The summed E-state index contributed by atoms with van der Waals surface area (Å²) in [5.41, 5.74) is -0.540. The maximum absolute atomic E-state index is 13.3. The van der Waals surface area contributed by atoms with Crippen molar-refractivity contribution in [2.75, 3.05) is 20.8 Å². The number of halogens is 1. The minimum absolute atomic E-state index is 0. The van der Waals surface area contributed by atoms with Crippen molar-refractivity contribution in [3.05, 3.63) is 66.1 Å². The number of para-hydroxylation sites is 2. The van der Waals surface area contributed by atoms with Gasteiger partial charge in [0.15, 0.2) is 12.3 Å². The van der Waals surface area contributed by atoms with Gasteiger partial charge in [-0.1, -0.05) is 30.3 Å². The Kier molecular flexibility index (Phi) is 10.2. The first-order valence-corrected chi connectivity index (χ1v) is 13.3. The van der Waals surface area contributed by atoms with Crippen LogP contribution in [0.25, 0.3) is 0 Å². The highest BCUT2D eigenvalue weighted by Gasteiger charge is 2.54. The predicted octanol–water partition coefficient (Wildman–Crippen LogP) is 2.23. The molecule has 2 aromatic rings. The van der Waals surface area contributed by atoms with Crippen LogP contribution >= 0.6 is 23.2 Å². The molecule has 1 aliphatic heterocycles. The van der Waals surface area contributed by atoms with Gasteiger partial charge in [0.05, 0.1) is 14.2 Å². The molecule has 2 unspecified atom stereocenters. The van der Waals surface area contributed by atoms with Crippen molar-refractivity contribution in [2.45, 2.75) is 23.2 Å². The molecule has 1 saturated heterocycles. The lowest BCUT2D eigenvalue weighted by atomic mass is 10.1. The molecular formula is C23H25ClN2O9S2. The Balaban J connectivity index is 0.00000481. The van der Waals surface area contributed by atoms with Gasteiger partial charge in [0, 0.05) is 10.8 Å². The Morgan fingerprint density at radius 1 is 1.08 bits per heavy atom. The fourth-order valence-electron chi connectivity index (χ4n) is 3.34. The summed E-state index contributed by atoms with van der Waals surface area (Å²) in [6.07, 6.45) is 0. The molecule has 0 bridgehead atoms. The molecule has 0 aliphatic carbocycles. The zero-order valence-corrected chi connectivity index (χ0v) is 22.4. The number of carboxylic acid groups (broad SMARTS) is 1. The standard InChI is InChI=1S/C23H24N2O9S2.ClH/c1-14(32-2)20(23(28)29)25-21(27)19(24-18(26)13-34-15-9-5-4-6-10-15)22(25)35-36(30,31)17-12-8-7-11-16(17)33-3;/h4-12,19,22H,13H2,1-3H3,(H,24,26)(H,28,29);1H. The summed E-state index contributed by atoms with van der Waals surface area (Å²) >= 11 is 0. The molecule has 11 nitrogen and oxygen atoms in total. The van der Waals surface area contributed by atoms with E-state index in [4.69, 9.17) is 14.2 Å². The van der Waals surface area contributed by atoms with Gasteiger partial charge in [0.25, 0.3) is 11.8 Å². The molecule has 2 aromatic carbocycles. The van der Waals surface area contributed by atoms with Gasteiger partial charge in [-0.15, -0.1) is 12.4 Å². The number of amides is 2. The third-order valence-electron chi connectivity index (χ3n) is 5.12. The number of ether oxygens (including phenoxy) is 3. The Hall–Kier alpha value is -3.42. The smallest absolute Gasteiger partial charge is 0.356 e. The van der Waals surface area contributed by atoms with Crippen molar-refractivity contribution in [2.24, 2.45) is 0 Å². The number of methoxy groups -OCH3 is 2. The first-order chi connectivity index (χ1) is 17.1. The number of hydrogen-bond donors (Lipinski definition) is 2. The van der Waals surface area contributed by atoms with Crippen LogP contribution < -0.4 is 14.8 Å². The number of likely N-dealkylation sites (tertiary alicyclic amines) is 1. The van der Waals surface area contributed by atoms with Gasteiger partial charge in [-0.3, -0.25) is 14.5 Å². The normalized spacial score (nSPS) is 17.5. The third-order valence-corrected chi connectivity index (χ3v) is 8.82. The van der Waals surface area contributed by atoms with Gasteiger partial charge in [-0.05, 0) is 31.2 Å². The number of allylic oxidation sites excluding steroid dienone is 1. The summed E-state index contributed by atoms with van der Waals surface area (Å²) in [7, 11) is -1.34. The number of nitrogens with one attached hydrogen (secondary N) is 1. The van der Waals surface area contributed by atoms with Crippen LogP contribution in [0.3, 0.4) is 0 Å². The maximum Gasteiger partial charge on any atom is 0.356 e. The first-order valence-electron chi connectivity index (χ1n) is 10.5. The van der Waals surface area contributed by atoms with Gasteiger partial charge < -0.3 is 24.6 Å². The summed E-state index contributed by atoms with van der Waals surface area (Å²) in [6, 6.07) is 13.0. The summed E-state index contributed by atoms with van der Waals surface area (Å²) in [6.45, 7) is 0.885. The number of benzene rings is 2. The van der Waals surface area contributed by atoms with Crippen LogP contribution in [0.15, 0.2) is 70.9 Å². The van der Waals surface area contributed by atoms with Gasteiger partial charge in [0.2, 0.25) is 8.87 Å². The Bertz CT molecular complexity index is 1290. The lowest BCUT2D eigenvalue weighted by molar-refractivity contribution is -0.151. The van der Waals surface area contributed by atoms with E-state index in [1.54, 1.807) is 36.4 Å². The minimum Gasteiger partial charge on any atom is -0.499 e. The highest BCUT2D eigenvalue weighted by molar-refractivity contribution is 8.72. The van der Waals surface area contributed by atoms with E-state index in [1.165, 1.54) is 39.3 Å². The number of hydrogen-bond acceptors (Lipinski definition) is 9. The summed E-state index contributed by atoms with van der Waals surface area (Å²) in [4.78, 5) is 38.0. The van der Waals surface area contributed by atoms with Crippen molar-refractivity contribution >= 4 is 49.9 Å². The van der Waals surface area contributed by atoms with Gasteiger partial charge >= 0.3 is 5.97 Å². The van der Waals surface area contributed by atoms with Crippen LogP contribution in [0.2, 0.25) is 0 Å². The molecule has 37 heavy (non-hydrogen) atoms. The van der Waals surface area contributed by atoms with E-state index >= 15 is 0 Å². The Morgan fingerprint density at radius 3 is 2.30 bits per heavy atom. The number of carbonyl (C=O) groups excluding carboxylic acids is 2. The fourth-order valence-corrected chi connectivity index (χ4v) is 7.03. The van der Waals surface area contributed by atoms with Crippen molar-refractivity contribution in [3.63, 3.8) is 0 Å². The quantitative estimate of drug-likeness (QED) is 0.178. The molecule has 14 heteroatoms. The van der Waals surface area contributed by atoms with E-state index < -0.39 is 50.4 Å². The molecule has 2 N–H and O–H groups in total. The van der Waals surface area contributed by atoms with E-state index in [2.05, 4.69) is 5.32 Å². The third kappa shape index (κ3) is 6.67. The van der Waals surface area contributed by atoms with E-state index in [-0.39, 0.29) is 28.8 Å². The molecular weight excluding hydrogens is 548 g/mol. The molecule has 0 aromatic heterocycles. The van der Waals surface area contributed by atoms with E-state index in [1.807, 2.05) is 0 Å². The molecule has 2 amide bonds. The molecule has 0 spiro atoms. The van der Waals surface area contributed by atoms with Crippen LogP contribution in [0.5, 0.6) is 11.5 Å². The first kappa shape index (κ1) is 29.8. The molecule has 1 aliphatic rings. The van der Waals surface area contributed by atoms with Crippen molar-refractivity contribution < 1.29 is 42.1 Å². The highest BCUT2D eigenvalue weighted by Crippen LogP contribution is 2.42. The van der Waals surface area contributed by atoms with Crippen molar-refractivity contribution in [1.82, 2.24) is 10.2 Å². The maximum atomic E-state index is 13.3. The Labute approximate surface area is 223 Å². The second-order valence-corrected chi connectivity index (χ2v) is 11.3. The van der Waals surface area contributed by atoms with Crippen LogP contribution in [-0.4, -0.2) is 68.5 Å². The second kappa shape index (κ2) is 12.7. The predicted molar refractivity (Wildman–Crippen MR) is 137 cm³/mol. The molecule has 3 rings (SSSR count). The zero-order chi connectivity index (χ0) is 26.5. The molecule has 0 radical (unpaired) electrons. The number of aliphatic carboxylic acids is 1. The summed E-state index contributed by atoms with van der Waals surface area (Å²) in [5, 5.41) is 10.8. The number of carboxylic acids is 1. The highest BCUT2D eigenvalue weighted by atomic mass is 35.5. The number of β-lactam (4-membered cyclic amide) rings is 1. The molecule has 200 valence electrons. The van der Waals surface area contributed by atoms with Crippen molar-refractivity contribution in [1.29, 1.82) is 0 Å². The van der Waals surface area contributed by atoms with E-state index in [9.17, 15) is 27.9 Å². The largest absolute Gasteiger partial charge is 0.499 e. The average Bonchev–Trinajstić information content (AvgIpc) is 2.88. The molecule has 0 saturated carbocycles. The average molecular weight is 573 g/mol. The lowest BCUT2D eigenvalue weighted by Crippen LogP contribution is -2.70. The van der Waals surface area contributed by atoms with Crippen LogP contribution in [0.4, 0.5) is 0 Å². The molecule has 1 heterocycles. The number of rotatable bonds is 11. The monoisotopic (exact) mass is 572 g/mol. The zero-order valence-electron chi connectivity index (χ0n) is 19.9. The van der Waals surface area contributed by atoms with Gasteiger partial charge in [0.1, 0.15) is 33.6 Å². The molecule has 2 atom stereocenters. The number of nitrogens with zero attached hydrogens (tertiary/aromatic N) is 1. The van der Waals surface area contributed by atoms with Gasteiger partial charge in [-0.2, -0.15) is 0 Å². The van der Waals surface area contributed by atoms with E-state index in [0.29, 0.717) is 16.5 Å². The van der Waals surface area contributed by atoms with Crippen LogP contribution in [-0.2, 0) is 28.0 Å². The molecule has 1 fully saturated rings. The van der Waals surface area contributed by atoms with E-state index in [0.717, 1.165) is 4.90 Å². The van der Waals surface area contributed by atoms with Gasteiger partial charge in [-0.25, -0.2) is 13.2 Å². The van der Waals surface area contributed by atoms with Crippen LogP contribution in [0.1, 0.15) is 6.92 Å². The Morgan fingerprint density at radius 2 is 1.70 bits per heavy atom. The lowest BCUT2D eigenvalue weighted by Gasteiger charge is -2.46. The summed E-state index contributed by atoms with van der Waals surface area (Å²) in [5.74, 6) is -2.63. The second-order valence-electron chi connectivity index (χ2n) is 7.36. The van der Waals surface area contributed by atoms with Crippen molar-refractivity contribution in [3.8, 4) is 11.5 Å². The summed E-state index contributed by atoms with van der Waals surface area (Å²) < 4.78 is 42.0. The van der Waals surface area contributed by atoms with Crippen LogP contribution in [0, 0.1) is 0 Å². The fraction of sp³-hybridized carbons (Fsp3) is 0.261.